The predicted molar refractivity (Wildman–Crippen MR) is 118 cm³/mol. The molecule has 2 N–H and O–H groups in total. The largest absolute Gasteiger partial charge is 0.444 e. The number of aromatic nitrogens is 2. The fraction of sp³-hybridized carbons (Fsp3) is 0.455. The van der Waals surface area contributed by atoms with Gasteiger partial charge in [-0.15, -0.1) is 0 Å². The maximum Gasteiger partial charge on any atom is 0.410 e. The Labute approximate surface area is 186 Å². The minimum Gasteiger partial charge on any atom is -0.444 e. The molecule has 10 heteroatoms. The average molecular weight is 442 g/mol. The number of para-hydroxylation sites is 1. The van der Waals surface area contributed by atoms with Gasteiger partial charge in [-0.2, -0.15) is 4.98 Å². The number of hydrogen-bond acceptors (Lipinski definition) is 6. The maximum absolute atomic E-state index is 14.7. The fourth-order valence-electron chi connectivity index (χ4n) is 4.10. The van der Waals surface area contributed by atoms with E-state index in [0.29, 0.717) is 29.9 Å². The molecule has 2 aliphatic heterocycles. The number of likely N-dealkylation sites (tertiary alicyclic amines) is 1. The van der Waals surface area contributed by atoms with Gasteiger partial charge in [0.1, 0.15) is 17.2 Å². The van der Waals surface area contributed by atoms with Crippen LogP contribution in [-0.4, -0.2) is 51.7 Å². The molecule has 3 heterocycles. The Hall–Kier alpha value is -3.43. The summed E-state index contributed by atoms with van der Waals surface area (Å²) < 4.78 is 20.2. The number of amides is 3. The van der Waals surface area contributed by atoms with Crippen molar-refractivity contribution in [3.05, 3.63) is 41.3 Å². The number of nitrogen functional groups attached to an aromatic ring is 1. The van der Waals surface area contributed by atoms with Gasteiger partial charge in [0.15, 0.2) is 0 Å². The van der Waals surface area contributed by atoms with E-state index in [1.807, 2.05) is 0 Å². The van der Waals surface area contributed by atoms with Crippen LogP contribution in [0.4, 0.5) is 31.4 Å². The van der Waals surface area contributed by atoms with E-state index in [1.165, 1.54) is 15.9 Å². The molecule has 0 aliphatic carbocycles. The van der Waals surface area contributed by atoms with Gasteiger partial charge >= 0.3 is 12.1 Å². The van der Waals surface area contributed by atoms with E-state index < -0.39 is 23.5 Å². The van der Waals surface area contributed by atoms with Crippen molar-refractivity contribution >= 4 is 29.6 Å². The highest BCUT2D eigenvalue weighted by Crippen LogP contribution is 2.36. The van der Waals surface area contributed by atoms with Crippen LogP contribution in [0.25, 0.3) is 0 Å². The van der Waals surface area contributed by atoms with Crippen molar-refractivity contribution in [2.45, 2.75) is 52.3 Å². The van der Waals surface area contributed by atoms with E-state index in [-0.39, 0.29) is 30.8 Å². The third kappa shape index (κ3) is 4.04. The van der Waals surface area contributed by atoms with Crippen molar-refractivity contribution < 1.29 is 18.7 Å². The molecule has 1 fully saturated rings. The highest BCUT2D eigenvalue weighted by Gasteiger charge is 2.42. The molecule has 0 spiro atoms. The Morgan fingerprint density at radius 2 is 2.06 bits per heavy atom. The SMILES string of the molecule is Cc1cccc(F)c1N1Cc2cnc(N)nc2N([C@@H]2CCN(C(=O)OC(C)(C)C)C2)C1=O. The number of ether oxygens (including phenoxy) is 1. The molecule has 3 amide bonds. The number of rotatable bonds is 2. The molecule has 9 nitrogen and oxygen atoms in total. The first-order valence-corrected chi connectivity index (χ1v) is 10.5. The highest BCUT2D eigenvalue weighted by atomic mass is 19.1. The minimum absolute atomic E-state index is 0.0408. The van der Waals surface area contributed by atoms with Crippen molar-refractivity contribution in [2.75, 3.05) is 28.6 Å². The minimum atomic E-state index is -0.621. The molecule has 2 aliphatic rings. The smallest absolute Gasteiger partial charge is 0.410 e. The lowest BCUT2D eigenvalue weighted by Crippen LogP contribution is -2.54. The summed E-state index contributed by atoms with van der Waals surface area (Å²) in [4.78, 5) is 39.0. The number of fused-ring (bicyclic) bond motifs is 1. The number of urea groups is 1. The number of aryl methyl sites for hydroxylation is 1. The first-order chi connectivity index (χ1) is 15.0. The summed E-state index contributed by atoms with van der Waals surface area (Å²) in [5.41, 5.74) is 6.69. The number of benzene rings is 1. The second-order valence-corrected chi connectivity index (χ2v) is 9.09. The van der Waals surface area contributed by atoms with Gasteiger partial charge in [-0.1, -0.05) is 12.1 Å². The van der Waals surface area contributed by atoms with Crippen LogP contribution in [0.1, 0.15) is 38.3 Å². The van der Waals surface area contributed by atoms with Crippen LogP contribution in [0.5, 0.6) is 0 Å². The van der Waals surface area contributed by atoms with Gasteiger partial charge in [-0.3, -0.25) is 9.80 Å². The van der Waals surface area contributed by atoms with Gasteiger partial charge < -0.3 is 15.4 Å². The van der Waals surface area contributed by atoms with E-state index in [4.69, 9.17) is 10.5 Å². The number of carbonyl (C=O) groups is 2. The van der Waals surface area contributed by atoms with Gasteiger partial charge in [0.05, 0.1) is 18.3 Å². The third-order valence-corrected chi connectivity index (χ3v) is 5.49. The molecular formula is C22H27FN6O3. The number of anilines is 3. The van der Waals surface area contributed by atoms with Crippen molar-refractivity contribution in [3.63, 3.8) is 0 Å². The Balaban J connectivity index is 1.69. The summed E-state index contributed by atoms with van der Waals surface area (Å²) in [7, 11) is 0. The van der Waals surface area contributed by atoms with E-state index in [9.17, 15) is 14.0 Å². The first-order valence-electron chi connectivity index (χ1n) is 10.5. The summed E-state index contributed by atoms with van der Waals surface area (Å²) in [6.45, 7) is 7.98. The molecule has 32 heavy (non-hydrogen) atoms. The normalized spacial score (nSPS) is 18.7. The standard InChI is InChI=1S/C22H27FN6O3/c1-13-6-5-7-16(23)17(13)28-11-14-10-25-19(24)26-18(14)29(20(28)30)15-8-9-27(12-15)21(31)32-22(2,3)4/h5-7,10,15H,8-9,11-12H2,1-4H3,(H2,24,25,26)/t15-/m1/s1. The number of nitrogens with zero attached hydrogens (tertiary/aromatic N) is 5. The molecule has 4 rings (SSSR count). The topological polar surface area (TPSA) is 105 Å². The number of carbonyl (C=O) groups excluding carboxylic acids is 2. The molecule has 0 unspecified atom stereocenters. The van der Waals surface area contributed by atoms with E-state index in [0.717, 1.165) is 0 Å². The van der Waals surface area contributed by atoms with Crippen LogP contribution >= 0.6 is 0 Å². The zero-order chi connectivity index (χ0) is 23.2. The molecule has 1 aromatic heterocycles. The van der Waals surface area contributed by atoms with Crippen LogP contribution in [0, 0.1) is 12.7 Å². The number of nitrogens with two attached hydrogens (primary N) is 1. The van der Waals surface area contributed by atoms with E-state index >= 15 is 0 Å². The van der Waals surface area contributed by atoms with Crippen LogP contribution in [-0.2, 0) is 11.3 Å². The Morgan fingerprint density at radius 1 is 1.31 bits per heavy atom. The van der Waals surface area contributed by atoms with Crippen LogP contribution in [0.15, 0.2) is 24.4 Å². The van der Waals surface area contributed by atoms with Crippen LogP contribution in [0.2, 0.25) is 0 Å². The van der Waals surface area contributed by atoms with Crippen LogP contribution in [0.3, 0.4) is 0 Å². The van der Waals surface area contributed by atoms with Gasteiger partial charge in [0.25, 0.3) is 0 Å². The second kappa shape index (κ2) is 7.92. The fourth-order valence-corrected chi connectivity index (χ4v) is 4.10. The number of hydrogen-bond donors (Lipinski definition) is 1. The molecule has 2 aromatic rings. The summed E-state index contributed by atoms with van der Waals surface area (Å²) in [5.74, 6) is -0.0530. The lowest BCUT2D eigenvalue weighted by Gasteiger charge is -2.39. The monoisotopic (exact) mass is 442 g/mol. The second-order valence-electron chi connectivity index (χ2n) is 9.09. The molecule has 1 aromatic carbocycles. The van der Waals surface area contributed by atoms with E-state index in [2.05, 4.69) is 9.97 Å². The van der Waals surface area contributed by atoms with Gasteiger partial charge in [0, 0.05) is 24.8 Å². The molecule has 0 saturated carbocycles. The zero-order valence-electron chi connectivity index (χ0n) is 18.6. The van der Waals surface area contributed by atoms with Gasteiger partial charge in [-0.05, 0) is 45.7 Å². The van der Waals surface area contributed by atoms with Gasteiger partial charge in [-0.25, -0.2) is 19.0 Å². The maximum atomic E-state index is 14.7. The molecular weight excluding hydrogens is 415 g/mol. The van der Waals surface area contributed by atoms with Crippen molar-refractivity contribution in [2.24, 2.45) is 0 Å². The van der Waals surface area contributed by atoms with E-state index in [1.54, 1.807) is 50.9 Å². The van der Waals surface area contributed by atoms with Crippen LogP contribution < -0.4 is 15.5 Å². The molecule has 1 atom stereocenters. The Bertz CT molecular complexity index is 1050. The molecule has 170 valence electrons. The Kier molecular flexibility index (Phi) is 5.39. The Morgan fingerprint density at radius 3 is 2.75 bits per heavy atom. The summed E-state index contributed by atoms with van der Waals surface area (Å²) in [6, 6.07) is 3.91. The lowest BCUT2D eigenvalue weighted by molar-refractivity contribution is 0.0292. The quantitative estimate of drug-likeness (QED) is 0.764. The summed E-state index contributed by atoms with van der Waals surface area (Å²) >= 11 is 0. The summed E-state index contributed by atoms with van der Waals surface area (Å²) in [5, 5.41) is 0. The highest BCUT2D eigenvalue weighted by molar-refractivity contribution is 6.06. The molecule has 0 radical (unpaired) electrons. The summed E-state index contributed by atoms with van der Waals surface area (Å²) in [6.07, 6.45) is 1.65. The third-order valence-electron chi connectivity index (χ3n) is 5.49. The molecule has 0 bridgehead atoms. The lowest BCUT2D eigenvalue weighted by atomic mass is 10.1. The van der Waals surface area contributed by atoms with Crippen molar-refractivity contribution in [3.8, 4) is 0 Å². The zero-order valence-corrected chi connectivity index (χ0v) is 18.6. The predicted octanol–water partition coefficient (Wildman–Crippen LogP) is 3.46. The molecule has 1 saturated heterocycles. The average Bonchev–Trinajstić information content (AvgIpc) is 3.17. The van der Waals surface area contributed by atoms with Crippen molar-refractivity contribution in [1.29, 1.82) is 0 Å². The number of halogens is 1. The van der Waals surface area contributed by atoms with Crippen molar-refractivity contribution in [1.82, 2.24) is 14.9 Å². The van der Waals surface area contributed by atoms with Gasteiger partial charge in [0.2, 0.25) is 5.95 Å². The first kappa shape index (κ1) is 21.8.